The van der Waals surface area contributed by atoms with Crippen molar-refractivity contribution in [1.82, 2.24) is 49.3 Å². The van der Waals surface area contributed by atoms with Gasteiger partial charge in [-0.3, -0.25) is 29.1 Å². The maximum absolute atomic E-state index is 13.2. The molecule has 416 valence electrons. The number of fused-ring (bicyclic) bond motifs is 2. The summed E-state index contributed by atoms with van der Waals surface area (Å²) in [6.45, 7) is 17.4. The van der Waals surface area contributed by atoms with Gasteiger partial charge < -0.3 is 20.9 Å². The number of rotatable bonds is 18. The van der Waals surface area contributed by atoms with Crippen molar-refractivity contribution < 1.29 is 37.0 Å². The number of nitrogens with one attached hydrogen (secondary N) is 2. The summed E-state index contributed by atoms with van der Waals surface area (Å²) in [7, 11) is -1.11. The molecule has 2 atom stereocenters. The molecule has 2 saturated heterocycles. The molecule has 6 aromatic rings. The van der Waals surface area contributed by atoms with Crippen molar-refractivity contribution in [3.05, 3.63) is 130 Å². The normalized spacial score (nSPS) is 18.9. The van der Waals surface area contributed by atoms with Crippen LogP contribution >= 0.6 is 0 Å². The molecule has 2 aromatic carbocycles. The fraction of sp³-hybridized carbons (Fsp3) is 0.536. The minimum absolute atomic E-state index is 0.0118. The monoisotopic (exact) mass is 1080 g/mol. The number of H-pyrrole nitrogens is 1. The van der Waals surface area contributed by atoms with Crippen LogP contribution < -0.4 is 11.1 Å². The van der Waals surface area contributed by atoms with Crippen molar-refractivity contribution in [2.24, 2.45) is 10.8 Å². The lowest BCUT2D eigenvalue weighted by atomic mass is 9.76. The number of hydrogen-bond donors (Lipinski definition) is 4. The molecule has 2 aliphatic heterocycles. The number of halogens is 4. The van der Waals surface area contributed by atoms with Crippen LogP contribution in [0.15, 0.2) is 85.5 Å². The molecular weight excluding hydrogens is 1010 g/mol. The van der Waals surface area contributed by atoms with Crippen molar-refractivity contribution in [3.63, 3.8) is 0 Å². The van der Waals surface area contributed by atoms with E-state index in [4.69, 9.17) is 10.5 Å². The number of nitrogens with two attached hydrogens (primary N) is 1. The second kappa shape index (κ2) is 23.4. The Labute approximate surface area is 449 Å². The standard InChI is InChI=1S/C25H30F2N6O.C16H28N2O3Si.C15H18F2N4/c1-24(2)10-8-19-20(12-24)30-31-22(19)23(34)29-18-13-28-33(14-18)21(17-6-4-3-5-7-17)9-11-32-15-25(26,27)16-32;1-16(2)7-6-12-13(10-16)18(17-14(12)15(19)20)11-21-8-9-22(3,4)5;16-15(17)10-20(11-15)7-6-14(12-4-2-1-3-5-12)21-9-13(18)8-19-21/h3-7,13-14,21H,8-12,15-16H2,1-2H3,(H,29,34)(H,30,31);6-11H2,1-5H3,(H,19,20);1-5,8-9,14H,6-7,10-11,18H2. The third-order valence-electron chi connectivity index (χ3n) is 14.9. The number of aromatic nitrogens is 8. The Morgan fingerprint density at radius 3 is 1.82 bits per heavy atom. The Morgan fingerprint density at radius 2 is 1.30 bits per heavy atom. The van der Waals surface area contributed by atoms with Gasteiger partial charge in [-0.05, 0) is 79.4 Å². The highest BCUT2D eigenvalue weighted by atomic mass is 28.3. The number of benzene rings is 2. The molecule has 4 aliphatic rings. The minimum Gasteiger partial charge on any atom is -0.476 e. The van der Waals surface area contributed by atoms with Gasteiger partial charge in [0.05, 0.1) is 62.0 Å². The number of nitrogen functional groups attached to an aromatic ring is 1. The lowest BCUT2D eigenvalue weighted by molar-refractivity contribution is -0.131. The molecule has 10 rings (SSSR count). The van der Waals surface area contributed by atoms with Crippen LogP contribution in [0, 0.1) is 10.8 Å². The van der Waals surface area contributed by atoms with Gasteiger partial charge in [-0.25, -0.2) is 27.0 Å². The molecular formula is C56H76F4N12O4Si. The molecule has 77 heavy (non-hydrogen) atoms. The van der Waals surface area contributed by atoms with Gasteiger partial charge in [-0.15, -0.1) is 0 Å². The van der Waals surface area contributed by atoms with E-state index in [-0.39, 0.29) is 60.7 Å². The lowest BCUT2D eigenvalue weighted by Crippen LogP contribution is -2.56. The Kier molecular flexibility index (Phi) is 17.4. The van der Waals surface area contributed by atoms with Crippen molar-refractivity contribution in [1.29, 1.82) is 0 Å². The van der Waals surface area contributed by atoms with Crippen LogP contribution in [0.5, 0.6) is 0 Å². The molecule has 0 bridgehead atoms. The molecule has 0 radical (unpaired) electrons. The second-order valence-corrected chi connectivity index (χ2v) is 29.7. The minimum atomic E-state index is -2.58. The van der Waals surface area contributed by atoms with Crippen molar-refractivity contribution in [2.75, 3.05) is 56.9 Å². The van der Waals surface area contributed by atoms with Gasteiger partial charge >= 0.3 is 5.97 Å². The van der Waals surface area contributed by atoms with E-state index < -0.39 is 25.9 Å². The molecule has 4 aromatic heterocycles. The zero-order valence-corrected chi connectivity index (χ0v) is 46.5. The highest BCUT2D eigenvalue weighted by Gasteiger charge is 2.44. The van der Waals surface area contributed by atoms with E-state index in [2.05, 4.69) is 78.1 Å². The number of anilines is 2. The van der Waals surface area contributed by atoms with Gasteiger partial charge in [-0.2, -0.15) is 20.4 Å². The molecule has 0 spiro atoms. The van der Waals surface area contributed by atoms with E-state index in [9.17, 15) is 32.3 Å². The first-order chi connectivity index (χ1) is 36.3. The van der Waals surface area contributed by atoms with Crippen LogP contribution in [0.4, 0.5) is 28.9 Å². The van der Waals surface area contributed by atoms with Crippen LogP contribution in [-0.2, 0) is 37.2 Å². The van der Waals surface area contributed by atoms with Gasteiger partial charge in [-0.1, -0.05) is 108 Å². The summed E-state index contributed by atoms with van der Waals surface area (Å²) in [5.41, 5.74) is 14.1. The number of carboxylic acids is 1. The average molecular weight is 1090 g/mol. The van der Waals surface area contributed by atoms with Crippen LogP contribution in [0.25, 0.3) is 0 Å². The number of carbonyl (C=O) groups excluding carboxylic acids is 1. The number of alkyl halides is 4. The van der Waals surface area contributed by atoms with E-state index in [1.54, 1.807) is 44.0 Å². The molecule has 2 fully saturated rings. The molecule has 2 aliphatic carbocycles. The Hall–Kier alpha value is -6.16. The number of amides is 1. The SMILES string of the molecule is CC1(C)CCc2c(C(=O)Nc3cnn(C(CCN4CC(F)(F)C4)c4ccccc4)c3)n[nH]c2C1.CC1(C)CCc2c(C(=O)O)nn(COCC[Si](C)(C)C)c2C1.Nc1cnn(C(CCN2CC(F)(F)C2)c2ccccc2)c1. The number of aromatic carboxylic acids is 1. The van der Waals surface area contributed by atoms with Crippen molar-refractivity contribution in [2.45, 2.75) is 135 Å². The molecule has 16 nitrogen and oxygen atoms in total. The fourth-order valence-corrected chi connectivity index (χ4v) is 11.3. The predicted molar refractivity (Wildman–Crippen MR) is 291 cm³/mol. The molecule has 0 saturated carbocycles. The summed E-state index contributed by atoms with van der Waals surface area (Å²) < 4.78 is 63.4. The summed E-state index contributed by atoms with van der Waals surface area (Å²) in [4.78, 5) is 27.9. The maximum atomic E-state index is 13.2. The van der Waals surface area contributed by atoms with Crippen LogP contribution in [-0.4, -0.2) is 132 Å². The van der Waals surface area contributed by atoms with Crippen molar-refractivity contribution in [3.8, 4) is 0 Å². The first-order valence-electron chi connectivity index (χ1n) is 26.7. The van der Waals surface area contributed by atoms with Gasteiger partial charge in [0.15, 0.2) is 11.4 Å². The van der Waals surface area contributed by atoms with Gasteiger partial charge in [0.1, 0.15) is 6.73 Å². The molecule has 1 amide bonds. The first-order valence-corrected chi connectivity index (χ1v) is 30.4. The van der Waals surface area contributed by atoms with E-state index in [0.29, 0.717) is 43.3 Å². The highest BCUT2D eigenvalue weighted by Crippen LogP contribution is 2.38. The Morgan fingerprint density at radius 1 is 0.766 bits per heavy atom. The number of nitrogens with zero attached hydrogens (tertiary/aromatic N) is 9. The molecule has 2 unspecified atom stereocenters. The largest absolute Gasteiger partial charge is 0.476 e. The van der Waals surface area contributed by atoms with Gasteiger partial charge in [0, 0.05) is 62.7 Å². The number of aromatic amines is 1. The number of hydrogen-bond acceptors (Lipinski definition) is 10. The Balaban J connectivity index is 0.000000160. The topological polar surface area (TPSA) is 190 Å². The zero-order chi connectivity index (χ0) is 55.3. The number of carboxylic acid groups (broad SMARTS) is 1. The summed E-state index contributed by atoms with van der Waals surface area (Å²) in [6, 6.07) is 20.8. The molecule has 6 heterocycles. The third-order valence-corrected chi connectivity index (χ3v) is 16.6. The quantitative estimate of drug-likeness (QED) is 0.0364. The van der Waals surface area contributed by atoms with Crippen LogP contribution in [0.3, 0.4) is 0 Å². The highest BCUT2D eigenvalue weighted by molar-refractivity contribution is 6.76. The summed E-state index contributed by atoms with van der Waals surface area (Å²) in [6.07, 6.45) is 13.5. The number of carbonyl (C=O) groups is 2. The second-order valence-electron chi connectivity index (χ2n) is 24.1. The fourth-order valence-electron chi connectivity index (χ4n) is 10.5. The zero-order valence-electron chi connectivity index (χ0n) is 45.5. The van der Waals surface area contributed by atoms with Gasteiger partial charge in [0.25, 0.3) is 17.8 Å². The van der Waals surface area contributed by atoms with Crippen molar-refractivity contribution >= 4 is 31.3 Å². The predicted octanol–water partition coefficient (Wildman–Crippen LogP) is 10.1. The van der Waals surface area contributed by atoms with E-state index in [1.165, 1.54) is 0 Å². The maximum Gasteiger partial charge on any atom is 0.356 e. The smallest absolute Gasteiger partial charge is 0.356 e. The summed E-state index contributed by atoms with van der Waals surface area (Å²) in [5, 5.41) is 32.7. The molecule has 5 N–H and O–H groups in total. The van der Waals surface area contributed by atoms with E-state index >= 15 is 0 Å². The van der Waals surface area contributed by atoms with E-state index in [1.807, 2.05) is 65.3 Å². The Bertz CT molecular complexity index is 2920. The summed E-state index contributed by atoms with van der Waals surface area (Å²) >= 11 is 0. The third kappa shape index (κ3) is 15.3. The lowest BCUT2D eigenvalue weighted by Gasteiger charge is -2.39. The number of ether oxygens (including phenoxy) is 1. The molecule has 21 heteroatoms. The first kappa shape index (κ1) is 57.0. The van der Waals surface area contributed by atoms with Crippen LogP contribution in [0.2, 0.25) is 25.7 Å². The summed E-state index contributed by atoms with van der Waals surface area (Å²) in [5.74, 6) is -6.28. The average Bonchev–Trinajstić information content (AvgIpc) is 4.18. The van der Waals surface area contributed by atoms with E-state index in [0.717, 1.165) is 91.2 Å². The van der Waals surface area contributed by atoms with Crippen LogP contribution in [0.1, 0.15) is 120 Å². The number of likely N-dealkylation sites (tertiary alicyclic amines) is 2. The van der Waals surface area contributed by atoms with Gasteiger partial charge in [0.2, 0.25) is 0 Å².